The number of aryl methyl sites for hydroxylation is 1. The standard InChI is InChI=1S/C30H34N6O2/c1-20(2)35-11-7-25(8-12-35)38-30-15-21(6-9-31-30)28(37)16-24-13-22-14-26(33-18-23(22)17-32-24)27-19-34-29-5-3-4-10-36(27)29/h6,9,13-15,17-20,25H,3-5,7-8,10-12,16H2,1-2H3. The van der Waals surface area contributed by atoms with Gasteiger partial charge in [-0.15, -0.1) is 0 Å². The molecule has 1 saturated heterocycles. The minimum Gasteiger partial charge on any atom is -0.474 e. The predicted molar refractivity (Wildman–Crippen MR) is 146 cm³/mol. The van der Waals surface area contributed by atoms with Crippen LogP contribution in [0.5, 0.6) is 5.88 Å². The molecule has 196 valence electrons. The summed E-state index contributed by atoms with van der Waals surface area (Å²) in [5.41, 5.74) is 3.28. The summed E-state index contributed by atoms with van der Waals surface area (Å²) in [6.07, 6.45) is 12.9. The first-order chi connectivity index (χ1) is 18.5. The van der Waals surface area contributed by atoms with Crippen molar-refractivity contribution < 1.29 is 9.53 Å². The lowest BCUT2D eigenvalue weighted by molar-refractivity contribution is 0.0809. The van der Waals surface area contributed by atoms with Crippen LogP contribution >= 0.6 is 0 Å². The average molecular weight is 511 g/mol. The van der Waals surface area contributed by atoms with E-state index in [9.17, 15) is 4.79 Å². The van der Waals surface area contributed by atoms with E-state index in [0.717, 1.165) is 72.6 Å². The van der Waals surface area contributed by atoms with E-state index < -0.39 is 0 Å². The van der Waals surface area contributed by atoms with Crippen molar-refractivity contribution in [1.29, 1.82) is 0 Å². The van der Waals surface area contributed by atoms with Gasteiger partial charge in [-0.05, 0) is 63.1 Å². The Hall–Kier alpha value is -3.65. The molecule has 8 heteroatoms. The number of ether oxygens (including phenoxy) is 1. The lowest BCUT2D eigenvalue weighted by atomic mass is 10.0. The van der Waals surface area contributed by atoms with Crippen LogP contribution in [0, 0.1) is 0 Å². The predicted octanol–water partition coefficient (Wildman–Crippen LogP) is 4.90. The van der Waals surface area contributed by atoms with E-state index in [2.05, 4.69) is 49.3 Å². The fraction of sp³-hybridized carbons (Fsp3) is 0.433. The zero-order valence-corrected chi connectivity index (χ0v) is 22.1. The zero-order chi connectivity index (χ0) is 26.1. The van der Waals surface area contributed by atoms with Gasteiger partial charge in [-0.2, -0.15) is 0 Å². The van der Waals surface area contributed by atoms with Crippen LogP contribution in [0.2, 0.25) is 0 Å². The van der Waals surface area contributed by atoms with Gasteiger partial charge in [0.2, 0.25) is 5.88 Å². The van der Waals surface area contributed by atoms with Crippen LogP contribution in [0.25, 0.3) is 22.2 Å². The number of carbonyl (C=O) groups is 1. The lowest BCUT2D eigenvalue weighted by Gasteiger charge is -2.34. The summed E-state index contributed by atoms with van der Waals surface area (Å²) in [6, 6.07) is 8.14. The van der Waals surface area contributed by atoms with E-state index in [0.29, 0.717) is 17.5 Å². The highest BCUT2D eigenvalue weighted by Gasteiger charge is 2.23. The number of piperidine rings is 1. The number of fused-ring (bicyclic) bond motifs is 2. The second-order valence-electron chi connectivity index (χ2n) is 10.7. The Morgan fingerprint density at radius 3 is 2.66 bits per heavy atom. The number of pyridine rings is 3. The van der Waals surface area contributed by atoms with Gasteiger partial charge in [0.25, 0.3) is 0 Å². The van der Waals surface area contributed by atoms with Gasteiger partial charge in [0.15, 0.2) is 5.78 Å². The molecule has 0 radical (unpaired) electrons. The first-order valence-corrected chi connectivity index (χ1v) is 13.7. The van der Waals surface area contributed by atoms with Crippen molar-refractivity contribution >= 4 is 16.6 Å². The van der Waals surface area contributed by atoms with E-state index in [4.69, 9.17) is 4.74 Å². The fourth-order valence-corrected chi connectivity index (χ4v) is 5.54. The van der Waals surface area contributed by atoms with Crippen LogP contribution in [0.1, 0.15) is 61.4 Å². The Morgan fingerprint density at radius 2 is 1.82 bits per heavy atom. The third-order valence-electron chi connectivity index (χ3n) is 7.79. The highest BCUT2D eigenvalue weighted by atomic mass is 16.5. The Balaban J connectivity index is 1.16. The number of nitrogens with zero attached hydrogens (tertiary/aromatic N) is 6. The van der Waals surface area contributed by atoms with Crippen LogP contribution in [0.4, 0.5) is 0 Å². The highest BCUT2D eigenvalue weighted by molar-refractivity contribution is 5.98. The second kappa shape index (κ2) is 10.6. The molecule has 2 aliphatic heterocycles. The zero-order valence-electron chi connectivity index (χ0n) is 22.1. The summed E-state index contributed by atoms with van der Waals surface area (Å²) >= 11 is 0. The largest absolute Gasteiger partial charge is 0.474 e. The smallest absolute Gasteiger partial charge is 0.214 e. The number of hydrogen-bond acceptors (Lipinski definition) is 7. The number of likely N-dealkylation sites (tertiary alicyclic amines) is 1. The van der Waals surface area contributed by atoms with E-state index >= 15 is 0 Å². The minimum absolute atomic E-state index is 0.00198. The van der Waals surface area contributed by atoms with Gasteiger partial charge in [0.05, 0.1) is 24.0 Å². The molecule has 0 unspecified atom stereocenters. The number of hydrogen-bond donors (Lipinski definition) is 0. The van der Waals surface area contributed by atoms with Crippen LogP contribution in [0.3, 0.4) is 0 Å². The fourth-order valence-electron chi connectivity index (χ4n) is 5.54. The number of aromatic nitrogens is 5. The van der Waals surface area contributed by atoms with E-state index in [1.807, 2.05) is 18.5 Å². The molecule has 6 heterocycles. The molecule has 6 rings (SSSR count). The summed E-state index contributed by atoms with van der Waals surface area (Å²) < 4.78 is 8.43. The molecule has 0 aliphatic carbocycles. The molecule has 2 aliphatic rings. The van der Waals surface area contributed by atoms with Crippen molar-refractivity contribution in [3.05, 3.63) is 66.1 Å². The third kappa shape index (κ3) is 5.18. The van der Waals surface area contributed by atoms with Crippen molar-refractivity contribution in [1.82, 2.24) is 29.4 Å². The Bertz CT molecular complexity index is 1450. The molecule has 0 spiro atoms. The van der Waals surface area contributed by atoms with Crippen molar-refractivity contribution in [2.75, 3.05) is 13.1 Å². The summed E-state index contributed by atoms with van der Waals surface area (Å²) in [5.74, 6) is 1.65. The second-order valence-corrected chi connectivity index (χ2v) is 10.7. The number of imidazole rings is 1. The van der Waals surface area contributed by atoms with Gasteiger partial charge in [0, 0.05) is 73.4 Å². The maximum Gasteiger partial charge on any atom is 0.214 e. The summed E-state index contributed by atoms with van der Waals surface area (Å²) in [4.78, 5) is 33.8. The van der Waals surface area contributed by atoms with Crippen molar-refractivity contribution in [2.45, 2.75) is 71.1 Å². The molecule has 0 bridgehead atoms. The van der Waals surface area contributed by atoms with Gasteiger partial charge in [-0.25, -0.2) is 9.97 Å². The third-order valence-corrected chi connectivity index (χ3v) is 7.79. The Labute approximate surface area is 223 Å². The number of carbonyl (C=O) groups excluding carboxylic acids is 1. The summed E-state index contributed by atoms with van der Waals surface area (Å²) in [7, 11) is 0. The topological polar surface area (TPSA) is 86.0 Å². The Kier molecular flexibility index (Phi) is 6.89. The van der Waals surface area contributed by atoms with Gasteiger partial charge < -0.3 is 14.2 Å². The van der Waals surface area contributed by atoms with Crippen LogP contribution < -0.4 is 4.74 Å². The van der Waals surface area contributed by atoms with E-state index in [-0.39, 0.29) is 18.3 Å². The summed E-state index contributed by atoms with van der Waals surface area (Å²) in [5, 5.41) is 1.97. The van der Waals surface area contributed by atoms with Gasteiger partial charge >= 0.3 is 0 Å². The maximum atomic E-state index is 13.2. The molecular formula is C30H34N6O2. The molecule has 0 saturated carbocycles. The lowest BCUT2D eigenvalue weighted by Crippen LogP contribution is -2.41. The molecule has 0 atom stereocenters. The molecule has 0 aromatic carbocycles. The Morgan fingerprint density at radius 1 is 0.974 bits per heavy atom. The van der Waals surface area contributed by atoms with Gasteiger partial charge in [-0.3, -0.25) is 14.8 Å². The average Bonchev–Trinajstić information content (AvgIpc) is 3.37. The van der Waals surface area contributed by atoms with E-state index in [1.165, 1.54) is 12.8 Å². The van der Waals surface area contributed by atoms with Gasteiger partial charge in [-0.1, -0.05) is 0 Å². The molecule has 1 fully saturated rings. The monoisotopic (exact) mass is 510 g/mol. The molecule has 0 N–H and O–H groups in total. The van der Waals surface area contributed by atoms with Crippen LogP contribution in [-0.2, 0) is 19.4 Å². The molecule has 4 aromatic heterocycles. The molecule has 4 aromatic rings. The van der Waals surface area contributed by atoms with Crippen molar-refractivity contribution in [3.8, 4) is 17.3 Å². The van der Waals surface area contributed by atoms with Crippen LogP contribution in [-0.4, -0.2) is 60.4 Å². The SMILES string of the molecule is CC(C)N1CCC(Oc2cc(C(=O)Cc3cc4cc(-c5cnc6n5CCCC6)ncc4cn3)ccn2)CC1. The molecule has 8 nitrogen and oxygen atoms in total. The van der Waals surface area contributed by atoms with Gasteiger partial charge in [0.1, 0.15) is 11.9 Å². The quantitative estimate of drug-likeness (QED) is 0.327. The van der Waals surface area contributed by atoms with Crippen molar-refractivity contribution in [3.63, 3.8) is 0 Å². The normalized spacial score (nSPS) is 16.6. The first-order valence-electron chi connectivity index (χ1n) is 13.7. The van der Waals surface area contributed by atoms with Crippen LogP contribution in [0.15, 0.2) is 49.1 Å². The minimum atomic E-state index is -0.00198. The first kappa shape index (κ1) is 24.7. The molecule has 0 amide bonds. The molecule has 38 heavy (non-hydrogen) atoms. The van der Waals surface area contributed by atoms with Crippen molar-refractivity contribution in [2.24, 2.45) is 0 Å². The maximum absolute atomic E-state index is 13.2. The highest BCUT2D eigenvalue weighted by Crippen LogP contribution is 2.27. The number of rotatable bonds is 7. The number of ketones is 1. The number of Topliss-reactive ketones (excluding diaryl/α,β-unsaturated/α-hetero) is 1. The molecular weight excluding hydrogens is 476 g/mol. The summed E-state index contributed by atoms with van der Waals surface area (Å²) in [6.45, 7) is 7.48. The van der Waals surface area contributed by atoms with E-state index in [1.54, 1.807) is 24.5 Å².